The monoisotopic (exact) mass is 180 g/mol. The van der Waals surface area contributed by atoms with Gasteiger partial charge in [-0.25, -0.2) is 0 Å². The van der Waals surface area contributed by atoms with E-state index >= 15 is 0 Å². The highest BCUT2D eigenvalue weighted by Crippen LogP contribution is 2.38. The Hall–Kier alpha value is -0.920. The van der Waals surface area contributed by atoms with Gasteiger partial charge in [-0.1, -0.05) is 13.8 Å². The van der Waals surface area contributed by atoms with Gasteiger partial charge in [0.15, 0.2) is 11.6 Å². The number of carbonyl (C=O) groups excluding carboxylic acids is 2. The molecule has 0 fully saturated rings. The van der Waals surface area contributed by atoms with Crippen molar-refractivity contribution in [2.45, 2.75) is 40.5 Å². The van der Waals surface area contributed by atoms with E-state index in [1.807, 2.05) is 13.8 Å². The van der Waals surface area contributed by atoms with Crippen LogP contribution in [0.15, 0.2) is 11.1 Å². The Morgan fingerprint density at radius 3 is 2.31 bits per heavy atom. The summed E-state index contributed by atoms with van der Waals surface area (Å²) in [7, 11) is 0. The summed E-state index contributed by atoms with van der Waals surface area (Å²) in [5, 5.41) is 0. The second-order valence-corrected chi connectivity index (χ2v) is 4.36. The average molecular weight is 180 g/mol. The highest BCUT2D eigenvalue weighted by Gasteiger charge is 2.34. The molecule has 72 valence electrons. The standard InChI is InChI=1S/C11H16O2/c1-7-9(13)5-6-11(3,4)10(7)8(2)12/h5-6H2,1-4H3. The number of allylic oxidation sites excluding steroid dienone is 2. The minimum Gasteiger partial charge on any atom is -0.295 e. The molecule has 0 saturated carbocycles. The molecule has 0 spiro atoms. The molecule has 0 amide bonds. The molecule has 0 aromatic carbocycles. The smallest absolute Gasteiger partial charge is 0.159 e. The van der Waals surface area contributed by atoms with Crippen molar-refractivity contribution in [1.29, 1.82) is 0 Å². The molecule has 0 aliphatic heterocycles. The van der Waals surface area contributed by atoms with Gasteiger partial charge in [-0.05, 0) is 31.3 Å². The van der Waals surface area contributed by atoms with Crippen molar-refractivity contribution in [3.05, 3.63) is 11.1 Å². The number of ketones is 2. The Kier molecular flexibility index (Phi) is 2.42. The van der Waals surface area contributed by atoms with Crippen LogP contribution in [-0.2, 0) is 9.59 Å². The van der Waals surface area contributed by atoms with Crippen LogP contribution in [-0.4, -0.2) is 11.6 Å². The van der Waals surface area contributed by atoms with Crippen LogP contribution in [0.2, 0.25) is 0 Å². The Labute approximate surface area is 79.0 Å². The minimum absolute atomic E-state index is 0.0375. The van der Waals surface area contributed by atoms with E-state index in [-0.39, 0.29) is 17.0 Å². The van der Waals surface area contributed by atoms with E-state index in [4.69, 9.17) is 0 Å². The topological polar surface area (TPSA) is 34.1 Å². The van der Waals surface area contributed by atoms with Crippen LogP contribution < -0.4 is 0 Å². The van der Waals surface area contributed by atoms with Crippen LogP contribution >= 0.6 is 0 Å². The largest absolute Gasteiger partial charge is 0.295 e. The molecule has 0 heterocycles. The zero-order valence-corrected chi connectivity index (χ0v) is 8.73. The first-order valence-corrected chi connectivity index (χ1v) is 4.62. The van der Waals surface area contributed by atoms with E-state index < -0.39 is 0 Å². The summed E-state index contributed by atoms with van der Waals surface area (Å²) >= 11 is 0. The summed E-state index contributed by atoms with van der Waals surface area (Å²) in [6.07, 6.45) is 1.37. The van der Waals surface area contributed by atoms with Gasteiger partial charge in [0.2, 0.25) is 0 Å². The van der Waals surface area contributed by atoms with Gasteiger partial charge in [0.05, 0.1) is 0 Å². The fourth-order valence-electron chi connectivity index (χ4n) is 2.13. The normalized spacial score (nSPS) is 22.0. The third kappa shape index (κ3) is 1.71. The molecular weight excluding hydrogens is 164 g/mol. The molecule has 0 radical (unpaired) electrons. The van der Waals surface area contributed by atoms with Crippen molar-refractivity contribution in [3.63, 3.8) is 0 Å². The fourth-order valence-corrected chi connectivity index (χ4v) is 2.13. The third-order valence-electron chi connectivity index (χ3n) is 2.80. The summed E-state index contributed by atoms with van der Waals surface area (Å²) in [5.74, 6) is 0.167. The molecule has 1 rings (SSSR count). The second kappa shape index (κ2) is 3.09. The molecule has 13 heavy (non-hydrogen) atoms. The van der Waals surface area contributed by atoms with Gasteiger partial charge < -0.3 is 0 Å². The summed E-state index contributed by atoms with van der Waals surface area (Å²) in [4.78, 5) is 22.7. The summed E-state index contributed by atoms with van der Waals surface area (Å²) in [6, 6.07) is 0. The van der Waals surface area contributed by atoms with Crippen molar-refractivity contribution in [2.75, 3.05) is 0 Å². The van der Waals surface area contributed by atoms with E-state index in [2.05, 4.69) is 0 Å². The lowest BCUT2D eigenvalue weighted by Gasteiger charge is -2.31. The Balaban J connectivity index is 3.25. The van der Waals surface area contributed by atoms with E-state index in [0.717, 1.165) is 12.0 Å². The van der Waals surface area contributed by atoms with E-state index in [1.165, 1.54) is 0 Å². The zero-order chi connectivity index (χ0) is 10.2. The summed E-state index contributed by atoms with van der Waals surface area (Å²) in [5.41, 5.74) is 1.27. The molecule has 0 bridgehead atoms. The first-order chi connectivity index (χ1) is 5.86. The van der Waals surface area contributed by atoms with Crippen molar-refractivity contribution >= 4 is 11.6 Å². The maximum absolute atomic E-state index is 11.4. The maximum atomic E-state index is 11.4. The highest BCUT2D eigenvalue weighted by atomic mass is 16.1. The summed E-state index contributed by atoms with van der Waals surface area (Å²) in [6.45, 7) is 7.36. The molecule has 0 unspecified atom stereocenters. The van der Waals surface area contributed by atoms with Gasteiger partial charge in [-0.15, -0.1) is 0 Å². The van der Waals surface area contributed by atoms with Gasteiger partial charge in [0.25, 0.3) is 0 Å². The molecule has 1 aliphatic rings. The molecular formula is C11H16O2. The second-order valence-electron chi connectivity index (χ2n) is 4.36. The maximum Gasteiger partial charge on any atom is 0.159 e. The van der Waals surface area contributed by atoms with E-state index in [1.54, 1.807) is 13.8 Å². The zero-order valence-electron chi connectivity index (χ0n) is 8.73. The molecule has 2 nitrogen and oxygen atoms in total. The van der Waals surface area contributed by atoms with Gasteiger partial charge >= 0.3 is 0 Å². The average Bonchev–Trinajstić information content (AvgIpc) is 1.96. The number of hydrogen-bond acceptors (Lipinski definition) is 2. The molecule has 1 aliphatic carbocycles. The van der Waals surface area contributed by atoms with Crippen LogP contribution in [0.5, 0.6) is 0 Å². The van der Waals surface area contributed by atoms with Gasteiger partial charge in [-0.3, -0.25) is 9.59 Å². The highest BCUT2D eigenvalue weighted by molar-refractivity contribution is 6.07. The summed E-state index contributed by atoms with van der Waals surface area (Å²) < 4.78 is 0. The van der Waals surface area contributed by atoms with Crippen molar-refractivity contribution in [3.8, 4) is 0 Å². The lowest BCUT2D eigenvalue weighted by atomic mass is 9.71. The van der Waals surface area contributed by atoms with Gasteiger partial charge in [-0.2, -0.15) is 0 Å². The number of rotatable bonds is 1. The lowest BCUT2D eigenvalue weighted by molar-refractivity contribution is -0.119. The van der Waals surface area contributed by atoms with E-state index in [0.29, 0.717) is 12.0 Å². The molecule has 0 aromatic rings. The Morgan fingerprint density at radius 1 is 1.38 bits per heavy atom. The van der Waals surface area contributed by atoms with Crippen molar-refractivity contribution in [1.82, 2.24) is 0 Å². The predicted octanol–water partition coefficient (Wildman–Crippen LogP) is 2.28. The molecule has 0 atom stereocenters. The SMILES string of the molecule is CC(=O)C1=C(C)C(=O)CCC1(C)C. The molecule has 0 N–H and O–H groups in total. The lowest BCUT2D eigenvalue weighted by Crippen LogP contribution is -2.28. The van der Waals surface area contributed by atoms with Crippen LogP contribution in [0.4, 0.5) is 0 Å². The quantitative estimate of drug-likeness (QED) is 0.620. The first kappa shape index (κ1) is 10.2. The molecule has 2 heteroatoms. The molecule has 0 aromatic heterocycles. The predicted molar refractivity (Wildman–Crippen MR) is 51.4 cm³/mol. The van der Waals surface area contributed by atoms with Crippen molar-refractivity contribution < 1.29 is 9.59 Å². The van der Waals surface area contributed by atoms with Crippen LogP contribution in [0.25, 0.3) is 0 Å². The fraction of sp³-hybridized carbons (Fsp3) is 0.636. The van der Waals surface area contributed by atoms with Crippen LogP contribution in [0.1, 0.15) is 40.5 Å². The molecule has 0 saturated heterocycles. The number of Topliss-reactive ketones (excluding diaryl/α,β-unsaturated/α-hetero) is 2. The van der Waals surface area contributed by atoms with Crippen molar-refractivity contribution in [2.24, 2.45) is 5.41 Å². The van der Waals surface area contributed by atoms with Gasteiger partial charge in [0, 0.05) is 12.0 Å². The Bertz CT molecular complexity index is 295. The first-order valence-electron chi connectivity index (χ1n) is 4.62. The third-order valence-corrected chi connectivity index (χ3v) is 2.80. The number of carbonyl (C=O) groups is 2. The number of hydrogen-bond donors (Lipinski definition) is 0. The minimum atomic E-state index is -0.121. The Morgan fingerprint density at radius 2 is 1.92 bits per heavy atom. The van der Waals surface area contributed by atoms with Crippen LogP contribution in [0, 0.1) is 5.41 Å². The van der Waals surface area contributed by atoms with Crippen LogP contribution in [0.3, 0.4) is 0 Å². The van der Waals surface area contributed by atoms with E-state index in [9.17, 15) is 9.59 Å². The van der Waals surface area contributed by atoms with Gasteiger partial charge in [0.1, 0.15) is 0 Å².